The minimum absolute atomic E-state index is 0. The van der Waals surface area contributed by atoms with Crippen LogP contribution < -0.4 is 10.6 Å². The van der Waals surface area contributed by atoms with E-state index in [1.54, 1.807) is 0 Å². The number of unbranched alkanes of at least 4 members (excludes halogenated alkanes) is 1. The molecule has 0 atom stereocenters. The first-order chi connectivity index (χ1) is 11.3. The van der Waals surface area contributed by atoms with Crippen LogP contribution in [0.2, 0.25) is 0 Å². The van der Waals surface area contributed by atoms with Gasteiger partial charge in [0.1, 0.15) is 0 Å². The average Bonchev–Trinajstić information content (AvgIpc) is 3.07. The van der Waals surface area contributed by atoms with Crippen LogP contribution in [0.3, 0.4) is 0 Å². The minimum atomic E-state index is 0. The fourth-order valence-electron chi connectivity index (χ4n) is 2.97. The predicted octanol–water partition coefficient (Wildman–Crippen LogP) is 3.54. The highest BCUT2D eigenvalue weighted by Crippen LogP contribution is 2.09. The van der Waals surface area contributed by atoms with Crippen molar-refractivity contribution in [3.63, 3.8) is 0 Å². The summed E-state index contributed by atoms with van der Waals surface area (Å²) in [4.78, 5) is 7.28. The van der Waals surface area contributed by atoms with Gasteiger partial charge in [0, 0.05) is 13.1 Å². The Kier molecular flexibility index (Phi) is 11.1. The zero-order valence-corrected chi connectivity index (χ0v) is 17.5. The number of hydrogen-bond donors (Lipinski definition) is 2. The third-order valence-electron chi connectivity index (χ3n) is 4.41. The second-order valence-electron chi connectivity index (χ2n) is 6.30. The van der Waals surface area contributed by atoms with E-state index in [1.165, 1.54) is 56.4 Å². The monoisotopic (exact) mass is 444 g/mol. The summed E-state index contributed by atoms with van der Waals surface area (Å²) in [6, 6.07) is 8.45. The Hall–Kier alpha value is -0.820. The second kappa shape index (κ2) is 12.5. The lowest BCUT2D eigenvalue weighted by Gasteiger charge is -2.15. The van der Waals surface area contributed by atoms with E-state index in [0.29, 0.717) is 0 Å². The molecule has 1 fully saturated rings. The summed E-state index contributed by atoms with van der Waals surface area (Å²) >= 11 is 0. The molecule has 0 aromatic heterocycles. The van der Waals surface area contributed by atoms with Gasteiger partial charge in [-0.05, 0) is 70.3 Å². The van der Waals surface area contributed by atoms with E-state index in [0.717, 1.165) is 25.6 Å². The van der Waals surface area contributed by atoms with Crippen LogP contribution in [-0.2, 0) is 6.54 Å². The highest BCUT2D eigenvalue weighted by Gasteiger charge is 2.10. The van der Waals surface area contributed by atoms with Crippen LogP contribution in [0.4, 0.5) is 0 Å². The Morgan fingerprint density at radius 3 is 2.58 bits per heavy atom. The highest BCUT2D eigenvalue weighted by molar-refractivity contribution is 14.0. The number of halogens is 1. The maximum absolute atomic E-state index is 4.70. The van der Waals surface area contributed by atoms with E-state index in [4.69, 9.17) is 4.99 Å². The van der Waals surface area contributed by atoms with Gasteiger partial charge in [-0.25, -0.2) is 4.99 Å². The Morgan fingerprint density at radius 1 is 1.12 bits per heavy atom. The quantitative estimate of drug-likeness (QED) is 0.279. The first kappa shape index (κ1) is 21.2. The molecule has 0 amide bonds. The van der Waals surface area contributed by atoms with Gasteiger partial charge in [-0.15, -0.1) is 24.0 Å². The van der Waals surface area contributed by atoms with Gasteiger partial charge >= 0.3 is 0 Å². The fourth-order valence-corrected chi connectivity index (χ4v) is 2.97. The SMILES string of the molecule is CCNC(=NCc1ccccc1C)NCCCCN1CCCC1.I. The largest absolute Gasteiger partial charge is 0.357 e. The lowest BCUT2D eigenvalue weighted by atomic mass is 10.1. The molecule has 136 valence electrons. The molecule has 0 spiro atoms. The molecule has 1 saturated heterocycles. The molecule has 0 radical (unpaired) electrons. The van der Waals surface area contributed by atoms with Crippen LogP contribution in [0.15, 0.2) is 29.3 Å². The van der Waals surface area contributed by atoms with Gasteiger partial charge in [0.15, 0.2) is 5.96 Å². The lowest BCUT2D eigenvalue weighted by Crippen LogP contribution is -2.38. The molecular weight excluding hydrogens is 411 g/mol. The van der Waals surface area contributed by atoms with Crippen LogP contribution in [0.25, 0.3) is 0 Å². The molecule has 0 aliphatic carbocycles. The Bertz CT molecular complexity index is 484. The Balaban J connectivity index is 0.00000288. The standard InChI is InChI=1S/C19H32N4.HI/c1-3-20-19(22-16-18-11-5-4-10-17(18)2)21-12-6-7-13-23-14-8-9-15-23;/h4-5,10-11H,3,6-9,12-16H2,1-2H3,(H2,20,21,22);1H. The second-order valence-corrected chi connectivity index (χ2v) is 6.30. The summed E-state index contributed by atoms with van der Waals surface area (Å²) in [5.74, 6) is 0.928. The van der Waals surface area contributed by atoms with Crippen molar-refractivity contribution >= 4 is 29.9 Å². The third kappa shape index (κ3) is 7.83. The van der Waals surface area contributed by atoms with E-state index < -0.39 is 0 Å². The van der Waals surface area contributed by atoms with Crippen molar-refractivity contribution in [1.82, 2.24) is 15.5 Å². The van der Waals surface area contributed by atoms with E-state index in [1.807, 2.05) is 0 Å². The van der Waals surface area contributed by atoms with E-state index in [9.17, 15) is 0 Å². The number of benzene rings is 1. The van der Waals surface area contributed by atoms with E-state index >= 15 is 0 Å². The van der Waals surface area contributed by atoms with Crippen molar-refractivity contribution in [1.29, 1.82) is 0 Å². The molecule has 2 rings (SSSR count). The van der Waals surface area contributed by atoms with Crippen LogP contribution in [0.1, 0.15) is 43.7 Å². The van der Waals surface area contributed by atoms with Gasteiger partial charge in [-0.1, -0.05) is 24.3 Å². The fraction of sp³-hybridized carbons (Fsp3) is 0.632. The van der Waals surface area contributed by atoms with Crippen molar-refractivity contribution in [2.75, 3.05) is 32.7 Å². The first-order valence-electron chi connectivity index (χ1n) is 9.08. The molecule has 0 saturated carbocycles. The van der Waals surface area contributed by atoms with Crippen LogP contribution in [0.5, 0.6) is 0 Å². The number of rotatable bonds is 8. The zero-order chi connectivity index (χ0) is 16.3. The summed E-state index contributed by atoms with van der Waals surface area (Å²) in [6.07, 6.45) is 5.23. The molecule has 24 heavy (non-hydrogen) atoms. The molecular formula is C19H33IN4. The number of nitrogens with zero attached hydrogens (tertiary/aromatic N) is 2. The van der Waals surface area contributed by atoms with Crippen molar-refractivity contribution in [2.24, 2.45) is 4.99 Å². The molecule has 1 aliphatic rings. The number of nitrogens with one attached hydrogen (secondary N) is 2. The average molecular weight is 444 g/mol. The smallest absolute Gasteiger partial charge is 0.191 e. The van der Waals surface area contributed by atoms with Crippen molar-refractivity contribution in [3.05, 3.63) is 35.4 Å². The Morgan fingerprint density at radius 2 is 1.88 bits per heavy atom. The molecule has 1 heterocycles. The van der Waals surface area contributed by atoms with Crippen LogP contribution >= 0.6 is 24.0 Å². The normalized spacial score (nSPS) is 15.2. The molecule has 0 unspecified atom stereocenters. The number of hydrogen-bond acceptors (Lipinski definition) is 2. The molecule has 2 N–H and O–H groups in total. The topological polar surface area (TPSA) is 39.7 Å². The zero-order valence-electron chi connectivity index (χ0n) is 15.2. The van der Waals surface area contributed by atoms with Gasteiger partial charge < -0.3 is 15.5 Å². The summed E-state index contributed by atoms with van der Waals surface area (Å²) in [7, 11) is 0. The van der Waals surface area contributed by atoms with Gasteiger partial charge in [0.25, 0.3) is 0 Å². The van der Waals surface area contributed by atoms with Crippen molar-refractivity contribution in [3.8, 4) is 0 Å². The van der Waals surface area contributed by atoms with E-state index in [-0.39, 0.29) is 24.0 Å². The third-order valence-corrected chi connectivity index (χ3v) is 4.41. The molecule has 0 bridgehead atoms. The van der Waals surface area contributed by atoms with Gasteiger partial charge in [0.2, 0.25) is 0 Å². The predicted molar refractivity (Wildman–Crippen MR) is 114 cm³/mol. The van der Waals surface area contributed by atoms with Gasteiger partial charge in [0.05, 0.1) is 6.54 Å². The van der Waals surface area contributed by atoms with Crippen LogP contribution in [-0.4, -0.2) is 43.6 Å². The number of guanidine groups is 1. The number of aliphatic imine (C=N–C) groups is 1. The first-order valence-corrected chi connectivity index (χ1v) is 9.08. The molecule has 5 heteroatoms. The summed E-state index contributed by atoms with van der Waals surface area (Å²) in [5.41, 5.74) is 2.59. The van der Waals surface area contributed by atoms with Crippen LogP contribution in [0, 0.1) is 6.92 Å². The molecule has 1 aromatic rings. The summed E-state index contributed by atoms with van der Waals surface area (Å²) in [6.45, 7) is 10.7. The lowest BCUT2D eigenvalue weighted by molar-refractivity contribution is 0.330. The highest BCUT2D eigenvalue weighted by atomic mass is 127. The summed E-state index contributed by atoms with van der Waals surface area (Å²) < 4.78 is 0. The maximum Gasteiger partial charge on any atom is 0.191 e. The van der Waals surface area contributed by atoms with Crippen molar-refractivity contribution in [2.45, 2.75) is 46.1 Å². The van der Waals surface area contributed by atoms with Gasteiger partial charge in [-0.3, -0.25) is 0 Å². The van der Waals surface area contributed by atoms with E-state index in [2.05, 4.69) is 53.6 Å². The number of likely N-dealkylation sites (tertiary alicyclic amines) is 1. The maximum atomic E-state index is 4.70. The molecule has 4 nitrogen and oxygen atoms in total. The molecule has 1 aliphatic heterocycles. The number of aryl methyl sites for hydroxylation is 1. The molecule has 1 aromatic carbocycles. The minimum Gasteiger partial charge on any atom is -0.357 e. The van der Waals surface area contributed by atoms with Crippen molar-refractivity contribution < 1.29 is 0 Å². The van der Waals surface area contributed by atoms with Gasteiger partial charge in [-0.2, -0.15) is 0 Å². The Labute approximate surface area is 164 Å². The summed E-state index contributed by atoms with van der Waals surface area (Å²) in [5, 5.41) is 6.79.